The van der Waals surface area contributed by atoms with E-state index >= 15 is 0 Å². The topological polar surface area (TPSA) is 63.8 Å². The van der Waals surface area contributed by atoms with E-state index in [1.807, 2.05) is 0 Å². The third kappa shape index (κ3) is 2.38. The Morgan fingerprint density at radius 2 is 2.42 bits per heavy atom. The predicted molar refractivity (Wildman–Crippen MR) is 49.8 cm³/mol. The molecular weight excluding hydrogens is 152 g/mol. The summed E-state index contributed by atoms with van der Waals surface area (Å²) >= 11 is 0. The lowest BCUT2D eigenvalue weighted by Gasteiger charge is -2.10. The molecule has 0 aromatic carbocycles. The van der Waals surface area contributed by atoms with Crippen LogP contribution < -0.4 is 11.1 Å². The van der Waals surface area contributed by atoms with E-state index in [-0.39, 0.29) is 0 Å². The molecule has 0 fully saturated rings. The first kappa shape index (κ1) is 8.77. The summed E-state index contributed by atoms with van der Waals surface area (Å²) < 4.78 is 0. The van der Waals surface area contributed by atoms with Gasteiger partial charge in [0.2, 0.25) is 5.95 Å². The van der Waals surface area contributed by atoms with Gasteiger partial charge in [0.25, 0.3) is 0 Å². The molecule has 4 nitrogen and oxygen atoms in total. The van der Waals surface area contributed by atoms with Crippen molar-refractivity contribution in [2.24, 2.45) is 0 Å². The number of hydrogen-bond acceptors (Lipinski definition) is 4. The van der Waals surface area contributed by atoms with Crippen LogP contribution in [0.15, 0.2) is 12.3 Å². The molecule has 0 amide bonds. The van der Waals surface area contributed by atoms with Crippen LogP contribution in [0.1, 0.15) is 20.3 Å². The van der Waals surface area contributed by atoms with Gasteiger partial charge in [-0.25, -0.2) is 4.98 Å². The molecule has 1 rings (SSSR count). The molecule has 0 spiro atoms. The highest BCUT2D eigenvalue weighted by Crippen LogP contribution is 2.04. The van der Waals surface area contributed by atoms with Gasteiger partial charge in [0, 0.05) is 12.2 Å². The van der Waals surface area contributed by atoms with Crippen molar-refractivity contribution in [1.82, 2.24) is 9.97 Å². The minimum atomic E-state index is 0.381. The Bertz CT molecular complexity index is 249. The van der Waals surface area contributed by atoms with Crippen molar-refractivity contribution in [1.29, 1.82) is 0 Å². The van der Waals surface area contributed by atoms with Crippen LogP contribution in [0.5, 0.6) is 0 Å². The Morgan fingerprint density at radius 3 is 3.00 bits per heavy atom. The summed E-state index contributed by atoms with van der Waals surface area (Å²) in [5, 5.41) is 3.13. The summed E-state index contributed by atoms with van der Waals surface area (Å²) in [6.45, 7) is 4.18. The van der Waals surface area contributed by atoms with E-state index < -0.39 is 0 Å². The van der Waals surface area contributed by atoms with Crippen LogP contribution in [0, 0.1) is 0 Å². The van der Waals surface area contributed by atoms with Gasteiger partial charge in [-0.05, 0) is 19.4 Å². The fourth-order valence-corrected chi connectivity index (χ4v) is 0.765. The Balaban J connectivity index is 2.63. The first-order valence-electron chi connectivity index (χ1n) is 4.07. The molecule has 0 aliphatic carbocycles. The van der Waals surface area contributed by atoms with Crippen molar-refractivity contribution in [2.75, 3.05) is 11.1 Å². The predicted octanol–water partition coefficient (Wildman–Crippen LogP) is 1.27. The number of nitrogen functional groups attached to an aromatic ring is 1. The maximum absolute atomic E-state index is 5.48. The fourth-order valence-electron chi connectivity index (χ4n) is 0.765. The van der Waals surface area contributed by atoms with Crippen LogP contribution in [0.3, 0.4) is 0 Å². The highest BCUT2D eigenvalue weighted by atomic mass is 15.1. The third-order valence-electron chi connectivity index (χ3n) is 1.66. The highest BCUT2D eigenvalue weighted by Gasteiger charge is 2.00. The molecule has 1 aromatic heterocycles. The van der Waals surface area contributed by atoms with Gasteiger partial charge in [-0.1, -0.05) is 6.92 Å². The molecule has 66 valence electrons. The summed E-state index contributed by atoms with van der Waals surface area (Å²) in [7, 11) is 0. The van der Waals surface area contributed by atoms with E-state index in [9.17, 15) is 0 Å². The van der Waals surface area contributed by atoms with Crippen molar-refractivity contribution in [3.8, 4) is 0 Å². The summed E-state index contributed by atoms with van der Waals surface area (Å²) in [6.07, 6.45) is 2.69. The minimum Gasteiger partial charge on any atom is -0.384 e. The van der Waals surface area contributed by atoms with Gasteiger partial charge in [-0.2, -0.15) is 4.98 Å². The number of nitrogens with one attached hydrogen (secondary N) is 1. The van der Waals surface area contributed by atoms with Crippen LogP contribution in [0.25, 0.3) is 0 Å². The Hall–Kier alpha value is -1.32. The number of aromatic nitrogens is 2. The molecule has 0 radical (unpaired) electrons. The zero-order valence-corrected chi connectivity index (χ0v) is 7.41. The molecule has 0 saturated carbocycles. The van der Waals surface area contributed by atoms with Gasteiger partial charge in [0.1, 0.15) is 5.82 Å². The average Bonchev–Trinajstić information content (AvgIpc) is 2.04. The van der Waals surface area contributed by atoms with Crippen LogP contribution in [0.4, 0.5) is 11.8 Å². The molecule has 1 atom stereocenters. The van der Waals surface area contributed by atoms with Gasteiger partial charge in [-0.3, -0.25) is 0 Å². The largest absolute Gasteiger partial charge is 0.384 e. The average molecular weight is 166 g/mol. The quantitative estimate of drug-likeness (QED) is 0.709. The maximum atomic E-state index is 5.48. The second kappa shape index (κ2) is 3.90. The van der Waals surface area contributed by atoms with Crippen molar-refractivity contribution in [3.63, 3.8) is 0 Å². The molecular formula is C8H14N4. The van der Waals surface area contributed by atoms with Gasteiger partial charge >= 0.3 is 0 Å². The van der Waals surface area contributed by atoms with E-state index in [0.29, 0.717) is 17.8 Å². The van der Waals surface area contributed by atoms with E-state index in [1.165, 1.54) is 0 Å². The number of nitrogens with two attached hydrogens (primary N) is 1. The number of hydrogen-bond donors (Lipinski definition) is 2. The zero-order valence-electron chi connectivity index (χ0n) is 7.41. The van der Waals surface area contributed by atoms with Crippen molar-refractivity contribution < 1.29 is 0 Å². The second-order valence-corrected chi connectivity index (χ2v) is 2.76. The molecule has 0 aliphatic heterocycles. The third-order valence-corrected chi connectivity index (χ3v) is 1.66. The molecule has 1 unspecified atom stereocenters. The molecule has 0 aliphatic rings. The van der Waals surface area contributed by atoms with Gasteiger partial charge < -0.3 is 11.1 Å². The van der Waals surface area contributed by atoms with Crippen molar-refractivity contribution >= 4 is 11.8 Å². The summed E-state index contributed by atoms with van der Waals surface area (Å²) in [5.41, 5.74) is 5.48. The fraction of sp³-hybridized carbons (Fsp3) is 0.500. The van der Waals surface area contributed by atoms with E-state index in [1.54, 1.807) is 12.3 Å². The maximum Gasteiger partial charge on any atom is 0.224 e. The van der Waals surface area contributed by atoms with E-state index in [0.717, 1.165) is 6.42 Å². The van der Waals surface area contributed by atoms with Crippen LogP contribution >= 0.6 is 0 Å². The lowest BCUT2D eigenvalue weighted by molar-refractivity contribution is 0.753. The van der Waals surface area contributed by atoms with E-state index in [2.05, 4.69) is 29.1 Å². The Labute approximate surface area is 72.2 Å². The molecule has 0 bridgehead atoms. The molecule has 4 heteroatoms. The van der Waals surface area contributed by atoms with Gasteiger partial charge in [0.05, 0.1) is 0 Å². The monoisotopic (exact) mass is 166 g/mol. The highest BCUT2D eigenvalue weighted by molar-refractivity contribution is 5.35. The molecule has 0 saturated heterocycles. The van der Waals surface area contributed by atoms with E-state index in [4.69, 9.17) is 5.73 Å². The van der Waals surface area contributed by atoms with Crippen molar-refractivity contribution in [2.45, 2.75) is 26.3 Å². The lowest BCUT2D eigenvalue weighted by Crippen LogP contribution is -2.15. The number of rotatable bonds is 3. The summed E-state index contributed by atoms with van der Waals surface area (Å²) in [5.74, 6) is 1.10. The molecule has 3 N–H and O–H groups in total. The normalized spacial score (nSPS) is 12.5. The molecule has 1 aromatic rings. The lowest BCUT2D eigenvalue weighted by atomic mass is 10.3. The first-order valence-corrected chi connectivity index (χ1v) is 4.07. The minimum absolute atomic E-state index is 0.381. The zero-order chi connectivity index (χ0) is 8.97. The van der Waals surface area contributed by atoms with Gasteiger partial charge in [0.15, 0.2) is 0 Å². The summed E-state index contributed by atoms with van der Waals surface area (Å²) in [6, 6.07) is 2.05. The molecule has 1 heterocycles. The number of nitrogens with zero attached hydrogens (tertiary/aromatic N) is 2. The first-order chi connectivity index (χ1) is 5.72. The smallest absolute Gasteiger partial charge is 0.224 e. The summed E-state index contributed by atoms with van der Waals surface area (Å²) in [4.78, 5) is 8.04. The Morgan fingerprint density at radius 1 is 1.67 bits per heavy atom. The standard InChI is InChI=1S/C8H14N4/c1-3-6(2)11-8-10-5-4-7(9)12-8/h4-6H,3H2,1-2H3,(H3,9,10,11,12). The SMILES string of the molecule is CCC(C)Nc1nccc(N)n1. The Kier molecular flexibility index (Phi) is 2.85. The van der Waals surface area contributed by atoms with Crippen molar-refractivity contribution in [3.05, 3.63) is 12.3 Å². The van der Waals surface area contributed by atoms with Crippen LogP contribution in [-0.2, 0) is 0 Å². The van der Waals surface area contributed by atoms with Crippen LogP contribution in [-0.4, -0.2) is 16.0 Å². The van der Waals surface area contributed by atoms with Gasteiger partial charge in [-0.15, -0.1) is 0 Å². The molecule has 12 heavy (non-hydrogen) atoms. The number of anilines is 2. The van der Waals surface area contributed by atoms with Crippen LogP contribution in [0.2, 0.25) is 0 Å². The second-order valence-electron chi connectivity index (χ2n) is 2.76.